The summed E-state index contributed by atoms with van der Waals surface area (Å²) >= 11 is 3.63. The molecular weight excluding hydrogens is 334 g/mol. The Hall–Kier alpha value is -1.11. The fourth-order valence-electron chi connectivity index (χ4n) is 3.05. The molecule has 1 aromatic carbocycles. The molecule has 1 fully saturated rings. The summed E-state index contributed by atoms with van der Waals surface area (Å²) in [6, 6.07) is 4.10. The smallest absolute Gasteiger partial charge is 0.323 e. The van der Waals surface area contributed by atoms with E-state index in [9.17, 15) is 4.79 Å². The summed E-state index contributed by atoms with van der Waals surface area (Å²) in [4.78, 5) is 17.0. The zero-order chi connectivity index (χ0) is 15.0. The Morgan fingerprint density at radius 2 is 2.10 bits per heavy atom. The number of aromatic amines is 2. The normalized spacial score (nSPS) is 23.8. The van der Waals surface area contributed by atoms with E-state index >= 15 is 0 Å². The minimum absolute atomic E-state index is 0.122. The molecule has 21 heavy (non-hydrogen) atoms. The molecule has 0 aliphatic carbocycles. The molecule has 114 valence electrons. The number of hydrogen-bond donors (Lipinski definition) is 3. The van der Waals surface area contributed by atoms with Crippen LogP contribution in [0.25, 0.3) is 11.0 Å². The molecule has 1 saturated heterocycles. The van der Waals surface area contributed by atoms with Gasteiger partial charge >= 0.3 is 5.69 Å². The van der Waals surface area contributed by atoms with Gasteiger partial charge in [-0.2, -0.15) is 0 Å². The van der Waals surface area contributed by atoms with Crippen LogP contribution in [0.4, 0.5) is 0 Å². The lowest BCUT2D eigenvalue weighted by Crippen LogP contribution is -2.32. The largest absolute Gasteiger partial charge is 0.373 e. The minimum atomic E-state index is -0.181. The van der Waals surface area contributed by atoms with Crippen molar-refractivity contribution >= 4 is 27.0 Å². The van der Waals surface area contributed by atoms with Crippen molar-refractivity contribution in [2.24, 2.45) is 0 Å². The molecule has 3 N–H and O–H groups in total. The lowest BCUT2D eigenvalue weighted by atomic mass is 9.98. The van der Waals surface area contributed by atoms with E-state index in [1.54, 1.807) is 0 Å². The van der Waals surface area contributed by atoms with Gasteiger partial charge in [0.15, 0.2) is 0 Å². The van der Waals surface area contributed by atoms with Crippen molar-refractivity contribution in [3.8, 4) is 0 Å². The van der Waals surface area contributed by atoms with Crippen LogP contribution in [-0.4, -0.2) is 28.7 Å². The van der Waals surface area contributed by atoms with Gasteiger partial charge in [-0.15, -0.1) is 0 Å². The van der Waals surface area contributed by atoms with E-state index in [4.69, 9.17) is 4.74 Å². The number of aromatic nitrogens is 2. The summed E-state index contributed by atoms with van der Waals surface area (Å²) in [5.74, 6) is 0. The Balaban J connectivity index is 2.01. The summed E-state index contributed by atoms with van der Waals surface area (Å²) in [5, 5.41) is 3.52. The van der Waals surface area contributed by atoms with E-state index in [0.717, 1.165) is 40.5 Å². The molecule has 3 rings (SSSR count). The van der Waals surface area contributed by atoms with Crippen molar-refractivity contribution in [3.63, 3.8) is 0 Å². The van der Waals surface area contributed by atoms with Crippen LogP contribution in [0.2, 0.25) is 0 Å². The highest BCUT2D eigenvalue weighted by molar-refractivity contribution is 9.10. The monoisotopic (exact) mass is 353 g/mol. The van der Waals surface area contributed by atoms with E-state index in [0.29, 0.717) is 6.10 Å². The molecule has 2 heterocycles. The number of ether oxygens (including phenoxy) is 1. The molecule has 0 saturated carbocycles. The lowest BCUT2D eigenvalue weighted by molar-refractivity contribution is 0.0318. The number of fused-ring (bicyclic) bond motifs is 1. The maximum atomic E-state index is 11.4. The van der Waals surface area contributed by atoms with E-state index < -0.39 is 0 Å². The first-order valence-corrected chi connectivity index (χ1v) is 8.18. The average molecular weight is 354 g/mol. The third kappa shape index (κ3) is 2.93. The Kier molecular flexibility index (Phi) is 4.19. The number of halogens is 1. The van der Waals surface area contributed by atoms with Crippen molar-refractivity contribution in [3.05, 3.63) is 32.7 Å². The van der Waals surface area contributed by atoms with Crippen molar-refractivity contribution < 1.29 is 4.74 Å². The molecule has 1 aliphatic rings. The molecular formula is C15H20BrN3O2. The first-order chi connectivity index (χ1) is 10.1. The van der Waals surface area contributed by atoms with Crippen LogP contribution >= 0.6 is 15.9 Å². The van der Waals surface area contributed by atoms with Gasteiger partial charge in [-0.1, -0.05) is 22.9 Å². The number of nitrogens with one attached hydrogen (secondary N) is 3. The van der Waals surface area contributed by atoms with Gasteiger partial charge in [-0.25, -0.2) is 4.79 Å². The topological polar surface area (TPSA) is 69.9 Å². The van der Waals surface area contributed by atoms with E-state index in [1.807, 2.05) is 12.1 Å². The molecule has 0 radical (unpaired) electrons. The highest BCUT2D eigenvalue weighted by Gasteiger charge is 2.31. The van der Waals surface area contributed by atoms with Crippen LogP contribution in [0.1, 0.15) is 38.3 Å². The number of likely N-dealkylation sites (N-methyl/N-ethyl adjacent to an activating group) is 1. The third-order valence-corrected chi connectivity index (χ3v) is 4.72. The highest BCUT2D eigenvalue weighted by atomic mass is 79.9. The predicted molar refractivity (Wildman–Crippen MR) is 86.6 cm³/mol. The van der Waals surface area contributed by atoms with E-state index in [-0.39, 0.29) is 17.8 Å². The van der Waals surface area contributed by atoms with Gasteiger partial charge in [0, 0.05) is 4.47 Å². The van der Waals surface area contributed by atoms with Gasteiger partial charge in [-0.3, -0.25) is 0 Å². The summed E-state index contributed by atoms with van der Waals surface area (Å²) in [6.45, 7) is 5.08. The van der Waals surface area contributed by atoms with Crippen molar-refractivity contribution in [2.45, 2.75) is 44.9 Å². The molecule has 5 nitrogen and oxygen atoms in total. The van der Waals surface area contributed by atoms with E-state index in [2.05, 4.69) is 45.1 Å². The number of rotatable bonds is 4. The van der Waals surface area contributed by atoms with Crippen LogP contribution in [0.5, 0.6) is 0 Å². The Bertz CT molecular complexity index is 694. The number of hydrogen-bond acceptors (Lipinski definition) is 3. The number of benzene rings is 1. The lowest BCUT2D eigenvalue weighted by Gasteiger charge is -2.26. The molecule has 6 heteroatoms. The molecule has 1 aromatic heterocycles. The van der Waals surface area contributed by atoms with Crippen LogP contribution < -0.4 is 11.0 Å². The molecule has 3 atom stereocenters. The average Bonchev–Trinajstić information content (AvgIpc) is 3.00. The zero-order valence-corrected chi connectivity index (χ0v) is 13.8. The van der Waals surface area contributed by atoms with Gasteiger partial charge in [0.2, 0.25) is 0 Å². The van der Waals surface area contributed by atoms with Gasteiger partial charge in [0.1, 0.15) is 0 Å². The van der Waals surface area contributed by atoms with Gasteiger partial charge in [0.25, 0.3) is 0 Å². The van der Waals surface area contributed by atoms with Crippen LogP contribution in [0, 0.1) is 0 Å². The van der Waals surface area contributed by atoms with Crippen LogP contribution in [0.3, 0.4) is 0 Å². The molecule has 3 unspecified atom stereocenters. The van der Waals surface area contributed by atoms with Gasteiger partial charge in [-0.05, 0) is 44.0 Å². The standard InChI is InChI=1S/C15H20BrN3O2/c1-3-17-14(13-5-4-8(2)21-13)9-6-11-12(7-10(9)16)19-15(20)18-11/h6-8,13-14,17H,3-5H2,1-2H3,(H2,18,19,20). The molecule has 0 amide bonds. The summed E-state index contributed by atoms with van der Waals surface area (Å²) < 4.78 is 7.03. The second-order valence-electron chi connectivity index (χ2n) is 5.60. The first kappa shape index (κ1) is 14.8. The highest BCUT2D eigenvalue weighted by Crippen LogP contribution is 2.35. The fourth-order valence-corrected chi connectivity index (χ4v) is 3.64. The number of imidazole rings is 1. The van der Waals surface area contributed by atoms with Gasteiger partial charge < -0.3 is 20.0 Å². The van der Waals surface area contributed by atoms with E-state index in [1.165, 1.54) is 0 Å². The Labute approximate surface area is 131 Å². The molecule has 0 bridgehead atoms. The predicted octanol–water partition coefficient (Wildman–Crippen LogP) is 2.84. The maximum absolute atomic E-state index is 11.4. The summed E-state index contributed by atoms with van der Waals surface area (Å²) in [6.07, 6.45) is 2.62. The van der Waals surface area contributed by atoms with Crippen molar-refractivity contribution in [1.82, 2.24) is 15.3 Å². The number of H-pyrrole nitrogens is 2. The fraction of sp³-hybridized carbons (Fsp3) is 0.533. The summed E-state index contributed by atoms with van der Waals surface area (Å²) in [7, 11) is 0. The molecule has 2 aromatic rings. The molecule has 0 spiro atoms. The zero-order valence-electron chi connectivity index (χ0n) is 12.2. The Morgan fingerprint density at radius 1 is 1.38 bits per heavy atom. The van der Waals surface area contributed by atoms with Crippen LogP contribution in [0.15, 0.2) is 21.4 Å². The SMILES string of the molecule is CCNC(c1cc2[nH]c(=O)[nH]c2cc1Br)C1CCC(C)O1. The van der Waals surface area contributed by atoms with Crippen LogP contribution in [-0.2, 0) is 4.74 Å². The summed E-state index contributed by atoms with van der Waals surface area (Å²) in [5.41, 5.74) is 2.58. The third-order valence-electron chi connectivity index (χ3n) is 4.03. The second-order valence-corrected chi connectivity index (χ2v) is 6.45. The molecule has 1 aliphatic heterocycles. The van der Waals surface area contributed by atoms with Crippen molar-refractivity contribution in [2.75, 3.05) is 6.54 Å². The quantitative estimate of drug-likeness (QED) is 0.791. The second kappa shape index (κ2) is 5.94. The van der Waals surface area contributed by atoms with Crippen molar-refractivity contribution in [1.29, 1.82) is 0 Å². The Morgan fingerprint density at radius 3 is 2.71 bits per heavy atom. The minimum Gasteiger partial charge on any atom is -0.373 e. The van der Waals surface area contributed by atoms with Gasteiger partial charge in [0.05, 0.1) is 29.3 Å². The first-order valence-electron chi connectivity index (χ1n) is 7.38. The maximum Gasteiger partial charge on any atom is 0.323 e.